The third-order valence-corrected chi connectivity index (χ3v) is 9.75. The van der Waals surface area contributed by atoms with Crippen LogP contribution in [0.25, 0.3) is 11.3 Å². The first-order chi connectivity index (χ1) is 23.0. The Bertz CT molecular complexity index is 1940. The second kappa shape index (κ2) is 14.1. The molecule has 11 nitrogen and oxygen atoms in total. The summed E-state index contributed by atoms with van der Waals surface area (Å²) in [5, 5.41) is 0. The van der Waals surface area contributed by atoms with E-state index in [2.05, 4.69) is 60.4 Å². The summed E-state index contributed by atoms with van der Waals surface area (Å²) in [6, 6.07) is 11.7. The molecule has 1 N–H and O–H groups in total. The van der Waals surface area contributed by atoms with E-state index in [1.54, 1.807) is 29.4 Å². The Morgan fingerprint density at radius 3 is 2.39 bits per heavy atom. The molecule has 0 fully saturated rings. The Morgan fingerprint density at radius 1 is 1.04 bits per heavy atom. The lowest BCUT2D eigenvalue weighted by atomic mass is 9.87. The molecule has 5 rings (SSSR count). The van der Waals surface area contributed by atoms with Crippen molar-refractivity contribution in [3.8, 4) is 17.1 Å². The van der Waals surface area contributed by atoms with Crippen molar-refractivity contribution in [1.82, 2.24) is 24.8 Å². The van der Waals surface area contributed by atoms with Gasteiger partial charge in [-0.3, -0.25) is 4.79 Å². The zero-order chi connectivity index (χ0) is 35.7. The minimum Gasteiger partial charge on any atom is -0.475 e. The van der Waals surface area contributed by atoms with Crippen molar-refractivity contribution in [2.75, 3.05) is 30.3 Å². The lowest BCUT2D eigenvalue weighted by Gasteiger charge is -2.35. The average molecular weight is 686 g/mol. The van der Waals surface area contributed by atoms with Crippen LogP contribution in [0.15, 0.2) is 59.8 Å². The third kappa shape index (κ3) is 8.36. The fraction of sp³-hybridized carbons (Fsp3) is 0.432. The van der Waals surface area contributed by atoms with Crippen molar-refractivity contribution in [3.05, 3.63) is 82.9 Å². The molecular weight excluding hydrogens is 639 g/mol. The van der Waals surface area contributed by atoms with Gasteiger partial charge < -0.3 is 14.5 Å². The van der Waals surface area contributed by atoms with Crippen LogP contribution in [0.4, 0.5) is 11.6 Å². The van der Waals surface area contributed by atoms with Gasteiger partial charge in [-0.05, 0) is 67.3 Å². The highest BCUT2D eigenvalue weighted by atomic mass is 32.2. The Morgan fingerprint density at radius 2 is 1.73 bits per heavy atom. The SMILES string of the molecule is Cc1cccc(CC(C)C)c1-c1nc2nc(c1C)OC[C@@H](CC(C)(C)C)N(Cc1ncc(N(C)C)cn1)C(=O)c1cccc(c1)S(=O)(=O)N2. The topological polar surface area (TPSA) is 131 Å². The summed E-state index contributed by atoms with van der Waals surface area (Å²) in [5.41, 5.74) is 5.14. The molecule has 2 aromatic heterocycles. The molecule has 0 saturated carbocycles. The largest absolute Gasteiger partial charge is 0.475 e. The number of nitrogens with one attached hydrogen (secondary N) is 1. The van der Waals surface area contributed by atoms with Crippen LogP contribution >= 0.6 is 0 Å². The lowest BCUT2D eigenvalue weighted by Crippen LogP contribution is -2.45. The maximum Gasteiger partial charge on any atom is 0.264 e. The predicted molar refractivity (Wildman–Crippen MR) is 192 cm³/mol. The maximum absolute atomic E-state index is 14.4. The molecule has 260 valence electrons. The molecule has 0 aliphatic carbocycles. The van der Waals surface area contributed by atoms with E-state index < -0.39 is 16.1 Å². The molecule has 1 aliphatic heterocycles. The summed E-state index contributed by atoms with van der Waals surface area (Å²) in [6.45, 7) is 14.7. The van der Waals surface area contributed by atoms with E-state index in [1.807, 2.05) is 45.0 Å². The first kappa shape index (κ1) is 35.7. The number of aromatic nitrogens is 4. The number of carbonyl (C=O) groups is 1. The smallest absolute Gasteiger partial charge is 0.264 e. The van der Waals surface area contributed by atoms with Crippen molar-refractivity contribution in [3.63, 3.8) is 0 Å². The van der Waals surface area contributed by atoms with Crippen LogP contribution in [-0.2, 0) is 23.0 Å². The minimum atomic E-state index is -4.20. The molecule has 0 spiro atoms. The number of hydrogen-bond donors (Lipinski definition) is 1. The summed E-state index contributed by atoms with van der Waals surface area (Å²) in [4.78, 5) is 36.4. The number of sulfonamides is 1. The highest BCUT2D eigenvalue weighted by molar-refractivity contribution is 7.92. The van der Waals surface area contributed by atoms with Gasteiger partial charge in [0.15, 0.2) is 0 Å². The number of anilines is 2. The Balaban J connectivity index is 1.70. The summed E-state index contributed by atoms with van der Waals surface area (Å²) >= 11 is 0. The van der Waals surface area contributed by atoms with Crippen molar-refractivity contribution in [2.45, 2.75) is 78.8 Å². The number of rotatable bonds is 7. The van der Waals surface area contributed by atoms with Gasteiger partial charge in [0.2, 0.25) is 11.8 Å². The van der Waals surface area contributed by atoms with Crippen LogP contribution in [0.2, 0.25) is 0 Å². The molecule has 0 radical (unpaired) electrons. The average Bonchev–Trinajstić information content (AvgIpc) is 3.02. The number of benzene rings is 2. The van der Waals surface area contributed by atoms with E-state index in [4.69, 9.17) is 9.72 Å². The molecule has 0 saturated heterocycles. The summed E-state index contributed by atoms with van der Waals surface area (Å²) in [6.07, 6.45) is 4.82. The lowest BCUT2D eigenvalue weighted by molar-refractivity contribution is 0.0504. The molecule has 12 heteroatoms. The number of hydrogen-bond acceptors (Lipinski definition) is 9. The summed E-state index contributed by atoms with van der Waals surface area (Å²) in [7, 11) is -0.383. The molecule has 1 amide bonds. The Labute approximate surface area is 290 Å². The first-order valence-electron chi connectivity index (χ1n) is 16.5. The predicted octanol–water partition coefficient (Wildman–Crippen LogP) is 6.46. The number of amides is 1. The van der Waals surface area contributed by atoms with Crippen molar-refractivity contribution >= 4 is 27.6 Å². The quantitative estimate of drug-likeness (QED) is 0.233. The standard InChI is InChI=1S/C37H47N7O4S/c1-23(2)16-26-13-10-12-24(3)32(26)33-25(4)34-41-36(40-33)42-49(46,47)30-15-11-14-27(17-30)35(45)44(28(22-48-34)18-37(5,6)7)21-31-38-19-29(20-39-31)43(8)9/h10-15,17,19-20,23,28H,16,18,21-22H2,1-9H3,(H,40,41,42)/t28-/m1/s1. The summed E-state index contributed by atoms with van der Waals surface area (Å²) in [5.74, 6) is 0.611. The molecular formula is C37H47N7O4S. The number of aryl methyl sites for hydroxylation is 1. The molecule has 1 atom stereocenters. The van der Waals surface area contributed by atoms with Gasteiger partial charge in [0, 0.05) is 30.8 Å². The van der Waals surface area contributed by atoms with Gasteiger partial charge in [0.25, 0.3) is 15.9 Å². The van der Waals surface area contributed by atoms with E-state index in [0.29, 0.717) is 29.4 Å². The van der Waals surface area contributed by atoms with E-state index in [0.717, 1.165) is 28.8 Å². The second-order valence-electron chi connectivity index (χ2n) is 14.6. The van der Waals surface area contributed by atoms with E-state index in [-0.39, 0.29) is 46.8 Å². The van der Waals surface area contributed by atoms with Gasteiger partial charge >= 0.3 is 0 Å². The highest BCUT2D eigenvalue weighted by Crippen LogP contribution is 2.36. The van der Waals surface area contributed by atoms with E-state index in [1.165, 1.54) is 12.1 Å². The molecule has 1 aliphatic rings. The van der Waals surface area contributed by atoms with Gasteiger partial charge in [0.1, 0.15) is 12.4 Å². The highest BCUT2D eigenvalue weighted by Gasteiger charge is 2.32. The first-order valence-corrected chi connectivity index (χ1v) is 18.0. The molecule has 49 heavy (non-hydrogen) atoms. The van der Waals surface area contributed by atoms with Crippen LogP contribution in [0.3, 0.4) is 0 Å². The Kier molecular flexibility index (Phi) is 10.3. The zero-order valence-corrected chi connectivity index (χ0v) is 30.7. The molecule has 4 aromatic rings. The normalized spacial score (nSPS) is 16.2. The molecule has 2 aromatic carbocycles. The molecule has 4 bridgehead atoms. The summed E-state index contributed by atoms with van der Waals surface area (Å²) < 4.78 is 36.8. The van der Waals surface area contributed by atoms with Crippen LogP contribution in [0, 0.1) is 25.2 Å². The second-order valence-corrected chi connectivity index (χ2v) is 16.3. The van der Waals surface area contributed by atoms with Gasteiger partial charge in [-0.15, -0.1) is 0 Å². The molecule has 0 unspecified atom stereocenters. The Hall–Kier alpha value is -4.58. The third-order valence-electron chi connectivity index (χ3n) is 8.42. The van der Waals surface area contributed by atoms with Crippen LogP contribution in [0.5, 0.6) is 5.88 Å². The molecule has 3 heterocycles. The van der Waals surface area contributed by atoms with Crippen molar-refractivity contribution in [2.24, 2.45) is 11.3 Å². The van der Waals surface area contributed by atoms with Crippen LogP contribution < -0.4 is 14.4 Å². The van der Waals surface area contributed by atoms with Crippen LogP contribution in [-0.4, -0.2) is 65.9 Å². The monoisotopic (exact) mass is 685 g/mol. The number of carbonyl (C=O) groups excluding carboxylic acids is 1. The van der Waals surface area contributed by atoms with Gasteiger partial charge in [-0.1, -0.05) is 58.9 Å². The minimum absolute atomic E-state index is 0.0823. The zero-order valence-electron chi connectivity index (χ0n) is 29.9. The fourth-order valence-electron chi connectivity index (χ4n) is 6.06. The van der Waals surface area contributed by atoms with Crippen LogP contribution in [0.1, 0.15) is 73.9 Å². The van der Waals surface area contributed by atoms with Crippen molar-refractivity contribution in [1.29, 1.82) is 0 Å². The van der Waals surface area contributed by atoms with Crippen molar-refractivity contribution < 1.29 is 17.9 Å². The van der Waals surface area contributed by atoms with Gasteiger partial charge in [0.05, 0.1) is 41.3 Å². The van der Waals surface area contributed by atoms with Gasteiger partial charge in [-0.25, -0.2) is 28.1 Å². The fourth-order valence-corrected chi connectivity index (χ4v) is 7.05. The number of ether oxygens (including phenoxy) is 1. The van der Waals surface area contributed by atoms with E-state index in [9.17, 15) is 13.2 Å². The van der Waals surface area contributed by atoms with Gasteiger partial charge in [-0.2, -0.15) is 4.98 Å². The number of fused-ring (bicyclic) bond motifs is 4. The van der Waals surface area contributed by atoms with E-state index >= 15 is 0 Å². The maximum atomic E-state index is 14.4. The number of nitrogens with zero attached hydrogens (tertiary/aromatic N) is 6.